The monoisotopic (exact) mass is 300 g/mol. The normalized spacial score (nSPS) is 10.1. The molecule has 1 aromatic carbocycles. The fraction of sp³-hybridized carbons (Fsp3) is 0.188. The number of nitrogens with zero attached hydrogens (tertiary/aromatic N) is 2. The van der Waals surface area contributed by atoms with Gasteiger partial charge >= 0.3 is 5.97 Å². The first kappa shape index (κ1) is 15.5. The van der Waals surface area contributed by atoms with Gasteiger partial charge in [0, 0.05) is 11.8 Å². The molecule has 0 aliphatic heterocycles. The molecule has 0 fully saturated rings. The van der Waals surface area contributed by atoms with Crippen LogP contribution >= 0.6 is 0 Å². The van der Waals surface area contributed by atoms with Crippen molar-refractivity contribution in [1.29, 1.82) is 0 Å². The zero-order valence-corrected chi connectivity index (χ0v) is 12.4. The van der Waals surface area contributed by atoms with Crippen LogP contribution in [0.1, 0.15) is 17.3 Å². The summed E-state index contributed by atoms with van der Waals surface area (Å²) in [6.45, 7) is 5.39. The number of rotatable bonds is 5. The minimum atomic E-state index is -0.680. The standard InChI is InChI=1S/C16H16N2O4/c1-4-18-15(19)13(16(20)22-5-2)10-14(17-18)11-6-8-12(21-3)9-7-11/h4,6-10H,1,5H2,2-3H3. The van der Waals surface area contributed by atoms with Crippen molar-refractivity contribution in [3.63, 3.8) is 0 Å². The summed E-state index contributed by atoms with van der Waals surface area (Å²) >= 11 is 0. The van der Waals surface area contributed by atoms with E-state index >= 15 is 0 Å². The van der Waals surface area contributed by atoms with Crippen molar-refractivity contribution in [3.05, 3.63) is 52.8 Å². The molecule has 0 aliphatic carbocycles. The molecule has 2 aromatic rings. The molecule has 1 aromatic heterocycles. The highest BCUT2D eigenvalue weighted by molar-refractivity contribution is 5.90. The number of carbonyl (C=O) groups is 1. The smallest absolute Gasteiger partial charge is 0.343 e. The lowest BCUT2D eigenvalue weighted by atomic mass is 10.1. The molecule has 0 bridgehead atoms. The van der Waals surface area contributed by atoms with Crippen molar-refractivity contribution in [2.45, 2.75) is 6.92 Å². The van der Waals surface area contributed by atoms with Crippen LogP contribution in [0.25, 0.3) is 17.5 Å². The van der Waals surface area contributed by atoms with Gasteiger partial charge in [0.05, 0.1) is 19.4 Å². The molecule has 0 aliphatic rings. The van der Waals surface area contributed by atoms with Crippen LogP contribution in [0.3, 0.4) is 0 Å². The first-order chi connectivity index (χ1) is 10.6. The molecular formula is C16H16N2O4. The molecular weight excluding hydrogens is 284 g/mol. The molecule has 6 heteroatoms. The number of carbonyl (C=O) groups excluding carboxylic acids is 1. The van der Waals surface area contributed by atoms with E-state index in [1.165, 1.54) is 12.3 Å². The molecule has 0 unspecified atom stereocenters. The van der Waals surface area contributed by atoms with E-state index in [-0.39, 0.29) is 12.2 Å². The molecule has 0 spiro atoms. The van der Waals surface area contributed by atoms with E-state index in [0.717, 1.165) is 10.2 Å². The van der Waals surface area contributed by atoms with Gasteiger partial charge in [-0.15, -0.1) is 0 Å². The van der Waals surface area contributed by atoms with Gasteiger partial charge in [0.15, 0.2) is 0 Å². The molecule has 0 N–H and O–H groups in total. The summed E-state index contributed by atoms with van der Waals surface area (Å²) in [4.78, 5) is 24.0. The summed E-state index contributed by atoms with van der Waals surface area (Å²) in [6.07, 6.45) is 1.25. The van der Waals surface area contributed by atoms with Gasteiger partial charge < -0.3 is 9.47 Å². The van der Waals surface area contributed by atoms with Crippen LogP contribution < -0.4 is 10.3 Å². The lowest BCUT2D eigenvalue weighted by Crippen LogP contribution is -2.26. The van der Waals surface area contributed by atoms with E-state index in [4.69, 9.17) is 9.47 Å². The Morgan fingerprint density at radius 2 is 2.05 bits per heavy atom. The van der Waals surface area contributed by atoms with Gasteiger partial charge in [-0.25, -0.2) is 9.48 Å². The summed E-state index contributed by atoms with van der Waals surface area (Å²) in [5.41, 5.74) is 0.556. The van der Waals surface area contributed by atoms with Crippen LogP contribution in [0.5, 0.6) is 5.75 Å². The van der Waals surface area contributed by atoms with Crippen molar-refractivity contribution in [1.82, 2.24) is 9.78 Å². The SMILES string of the molecule is C=Cn1nc(-c2ccc(OC)cc2)cc(C(=O)OCC)c1=O. The Kier molecular flexibility index (Phi) is 4.73. The van der Waals surface area contributed by atoms with Crippen molar-refractivity contribution in [2.75, 3.05) is 13.7 Å². The number of methoxy groups -OCH3 is 1. The fourth-order valence-corrected chi connectivity index (χ4v) is 1.89. The van der Waals surface area contributed by atoms with Gasteiger partial charge in [-0.2, -0.15) is 5.10 Å². The zero-order valence-electron chi connectivity index (χ0n) is 12.4. The zero-order chi connectivity index (χ0) is 16.1. The lowest BCUT2D eigenvalue weighted by molar-refractivity contribution is 0.0523. The van der Waals surface area contributed by atoms with E-state index in [1.54, 1.807) is 38.3 Å². The van der Waals surface area contributed by atoms with E-state index in [0.29, 0.717) is 11.4 Å². The second-order valence-corrected chi connectivity index (χ2v) is 4.32. The van der Waals surface area contributed by atoms with E-state index in [2.05, 4.69) is 11.7 Å². The number of ether oxygens (including phenoxy) is 2. The second kappa shape index (κ2) is 6.71. The Morgan fingerprint density at radius 3 is 2.59 bits per heavy atom. The Morgan fingerprint density at radius 1 is 1.36 bits per heavy atom. The summed E-state index contributed by atoms with van der Waals surface area (Å²) in [7, 11) is 1.57. The lowest BCUT2D eigenvalue weighted by Gasteiger charge is -2.08. The quantitative estimate of drug-likeness (QED) is 0.792. The fourth-order valence-electron chi connectivity index (χ4n) is 1.89. The van der Waals surface area contributed by atoms with Crippen LogP contribution in [0.2, 0.25) is 0 Å². The molecule has 0 radical (unpaired) electrons. The van der Waals surface area contributed by atoms with Gasteiger partial charge in [0.25, 0.3) is 5.56 Å². The number of esters is 1. The first-order valence-electron chi connectivity index (χ1n) is 6.68. The molecule has 2 rings (SSSR count). The van der Waals surface area contributed by atoms with Crippen LogP contribution in [0.15, 0.2) is 41.7 Å². The highest BCUT2D eigenvalue weighted by atomic mass is 16.5. The average Bonchev–Trinajstić information content (AvgIpc) is 2.55. The molecule has 0 saturated heterocycles. The van der Waals surface area contributed by atoms with Crippen molar-refractivity contribution in [3.8, 4) is 17.0 Å². The summed E-state index contributed by atoms with van der Waals surface area (Å²) in [6, 6.07) is 8.53. The van der Waals surface area contributed by atoms with Crippen LogP contribution in [-0.2, 0) is 4.74 Å². The highest BCUT2D eigenvalue weighted by Crippen LogP contribution is 2.20. The van der Waals surface area contributed by atoms with Crippen molar-refractivity contribution < 1.29 is 14.3 Å². The minimum Gasteiger partial charge on any atom is -0.497 e. The van der Waals surface area contributed by atoms with Gasteiger partial charge in [-0.1, -0.05) is 6.58 Å². The molecule has 6 nitrogen and oxygen atoms in total. The van der Waals surface area contributed by atoms with Crippen molar-refractivity contribution in [2.24, 2.45) is 0 Å². The number of hydrogen-bond donors (Lipinski definition) is 0. The Hall–Kier alpha value is -2.89. The van der Waals surface area contributed by atoms with Crippen LogP contribution in [0.4, 0.5) is 0 Å². The summed E-state index contributed by atoms with van der Waals surface area (Å²) in [5, 5.41) is 4.16. The maximum Gasteiger partial charge on any atom is 0.343 e. The topological polar surface area (TPSA) is 70.4 Å². The third-order valence-electron chi connectivity index (χ3n) is 2.99. The third-order valence-corrected chi connectivity index (χ3v) is 2.99. The van der Waals surface area contributed by atoms with Gasteiger partial charge in [0.2, 0.25) is 0 Å². The van der Waals surface area contributed by atoms with Crippen molar-refractivity contribution >= 4 is 12.2 Å². The maximum absolute atomic E-state index is 12.1. The molecule has 114 valence electrons. The number of benzene rings is 1. The molecule has 0 atom stereocenters. The van der Waals surface area contributed by atoms with Crippen LogP contribution in [0, 0.1) is 0 Å². The Bertz CT molecular complexity index is 748. The molecule has 0 saturated carbocycles. The van der Waals surface area contributed by atoms with Gasteiger partial charge in [0.1, 0.15) is 11.3 Å². The van der Waals surface area contributed by atoms with E-state index in [1.807, 2.05) is 0 Å². The minimum absolute atomic E-state index is 0.0810. The predicted octanol–water partition coefficient (Wildman–Crippen LogP) is 2.20. The molecule has 22 heavy (non-hydrogen) atoms. The average molecular weight is 300 g/mol. The number of hydrogen-bond acceptors (Lipinski definition) is 5. The van der Waals surface area contributed by atoms with Gasteiger partial charge in [-0.05, 0) is 37.3 Å². The summed E-state index contributed by atoms with van der Waals surface area (Å²) < 4.78 is 11.0. The predicted molar refractivity (Wildman–Crippen MR) is 82.8 cm³/mol. The molecule has 0 amide bonds. The van der Waals surface area contributed by atoms with Crippen LogP contribution in [-0.4, -0.2) is 29.5 Å². The Labute approximate surface area is 127 Å². The largest absolute Gasteiger partial charge is 0.497 e. The second-order valence-electron chi connectivity index (χ2n) is 4.32. The first-order valence-corrected chi connectivity index (χ1v) is 6.68. The maximum atomic E-state index is 12.1. The van der Waals surface area contributed by atoms with Gasteiger partial charge in [-0.3, -0.25) is 4.79 Å². The van der Waals surface area contributed by atoms with E-state index in [9.17, 15) is 9.59 Å². The number of aromatic nitrogens is 2. The third kappa shape index (κ3) is 3.06. The summed E-state index contributed by atoms with van der Waals surface area (Å²) in [5.74, 6) is 0.0201. The Balaban J connectivity index is 2.56. The molecule has 1 heterocycles. The highest BCUT2D eigenvalue weighted by Gasteiger charge is 2.16. The van der Waals surface area contributed by atoms with E-state index < -0.39 is 11.5 Å².